The van der Waals surface area contributed by atoms with Crippen molar-refractivity contribution in [3.05, 3.63) is 21.3 Å². The maximum atomic E-state index is 5.83. The third kappa shape index (κ3) is 4.99. The van der Waals surface area contributed by atoms with Gasteiger partial charge in [0.25, 0.3) is 0 Å². The lowest BCUT2D eigenvalue weighted by atomic mass is 10.1. The van der Waals surface area contributed by atoms with Gasteiger partial charge in [-0.15, -0.1) is 11.3 Å². The molecule has 0 amide bonds. The van der Waals surface area contributed by atoms with Crippen molar-refractivity contribution in [3.63, 3.8) is 0 Å². The van der Waals surface area contributed by atoms with Gasteiger partial charge >= 0.3 is 0 Å². The van der Waals surface area contributed by atoms with E-state index in [9.17, 15) is 0 Å². The van der Waals surface area contributed by atoms with Crippen molar-refractivity contribution in [1.29, 1.82) is 0 Å². The first-order valence-electron chi connectivity index (χ1n) is 5.13. The van der Waals surface area contributed by atoms with E-state index in [4.69, 9.17) is 11.6 Å². The van der Waals surface area contributed by atoms with Gasteiger partial charge in [-0.2, -0.15) is 0 Å². The zero-order valence-electron chi connectivity index (χ0n) is 8.85. The van der Waals surface area contributed by atoms with E-state index in [1.165, 1.54) is 17.7 Å². The maximum Gasteiger partial charge on any atom is 0.0931 e. The molecule has 0 aliphatic carbocycles. The standard InChI is InChI=1S/C11H18ClNS/c1-9(2)4-3-7-13-8-10-5-6-11(12)14-10/h5-6,9,13H,3-4,7-8H2,1-2H3. The Hall–Kier alpha value is -0.0500. The molecule has 1 aromatic rings. The second-order valence-electron chi connectivity index (χ2n) is 3.92. The molecule has 0 bridgehead atoms. The minimum Gasteiger partial charge on any atom is -0.312 e. The molecule has 3 heteroatoms. The Kier molecular flexibility index (Phi) is 5.53. The van der Waals surface area contributed by atoms with Crippen molar-refractivity contribution in [2.75, 3.05) is 6.54 Å². The summed E-state index contributed by atoms with van der Waals surface area (Å²) < 4.78 is 0.879. The highest BCUT2D eigenvalue weighted by atomic mass is 35.5. The molecule has 0 aliphatic heterocycles. The van der Waals surface area contributed by atoms with Gasteiger partial charge < -0.3 is 5.32 Å². The monoisotopic (exact) mass is 231 g/mol. The van der Waals surface area contributed by atoms with Gasteiger partial charge in [-0.1, -0.05) is 25.4 Å². The Morgan fingerprint density at radius 3 is 2.79 bits per heavy atom. The summed E-state index contributed by atoms with van der Waals surface area (Å²) >= 11 is 7.49. The summed E-state index contributed by atoms with van der Waals surface area (Å²) in [5.74, 6) is 0.813. The van der Waals surface area contributed by atoms with Gasteiger partial charge in [0.05, 0.1) is 4.34 Å². The average molecular weight is 232 g/mol. The van der Waals surface area contributed by atoms with Gasteiger partial charge in [-0.25, -0.2) is 0 Å². The molecule has 14 heavy (non-hydrogen) atoms. The highest BCUT2D eigenvalue weighted by molar-refractivity contribution is 7.16. The molecule has 0 fully saturated rings. The largest absolute Gasteiger partial charge is 0.312 e. The van der Waals surface area contributed by atoms with Crippen LogP contribution in [0.1, 0.15) is 31.6 Å². The predicted octanol–water partition coefficient (Wildman–Crippen LogP) is 3.93. The summed E-state index contributed by atoms with van der Waals surface area (Å²) in [6.45, 7) is 6.58. The molecule has 0 aromatic carbocycles. The topological polar surface area (TPSA) is 12.0 Å². The fraction of sp³-hybridized carbons (Fsp3) is 0.636. The Balaban J connectivity index is 2.04. The second-order valence-corrected chi connectivity index (χ2v) is 5.72. The lowest BCUT2D eigenvalue weighted by Gasteiger charge is -2.05. The van der Waals surface area contributed by atoms with E-state index in [1.807, 2.05) is 6.07 Å². The van der Waals surface area contributed by atoms with Gasteiger partial charge in [-0.05, 0) is 37.4 Å². The quantitative estimate of drug-likeness (QED) is 0.732. The summed E-state index contributed by atoms with van der Waals surface area (Å²) in [5, 5.41) is 3.42. The Bertz CT molecular complexity index is 258. The Morgan fingerprint density at radius 1 is 1.43 bits per heavy atom. The highest BCUT2D eigenvalue weighted by Crippen LogP contribution is 2.20. The van der Waals surface area contributed by atoms with E-state index < -0.39 is 0 Å². The van der Waals surface area contributed by atoms with Crippen LogP contribution in [0.4, 0.5) is 0 Å². The van der Waals surface area contributed by atoms with Crippen LogP contribution in [0.25, 0.3) is 0 Å². The summed E-state index contributed by atoms with van der Waals surface area (Å²) in [4.78, 5) is 1.32. The fourth-order valence-electron chi connectivity index (χ4n) is 1.29. The van der Waals surface area contributed by atoms with Crippen LogP contribution >= 0.6 is 22.9 Å². The number of hydrogen-bond acceptors (Lipinski definition) is 2. The summed E-state index contributed by atoms with van der Waals surface area (Å²) in [7, 11) is 0. The molecule has 0 atom stereocenters. The predicted molar refractivity (Wildman–Crippen MR) is 65.1 cm³/mol. The normalized spacial score (nSPS) is 11.1. The second kappa shape index (κ2) is 6.44. The van der Waals surface area contributed by atoms with Crippen molar-refractivity contribution >= 4 is 22.9 Å². The van der Waals surface area contributed by atoms with Crippen LogP contribution in [-0.2, 0) is 6.54 Å². The molecule has 1 heterocycles. The molecule has 1 aromatic heterocycles. The van der Waals surface area contributed by atoms with Crippen molar-refractivity contribution in [2.24, 2.45) is 5.92 Å². The van der Waals surface area contributed by atoms with Crippen LogP contribution in [0.5, 0.6) is 0 Å². The Labute approximate surface area is 95.5 Å². The van der Waals surface area contributed by atoms with Crippen LogP contribution in [0.3, 0.4) is 0 Å². The zero-order valence-corrected chi connectivity index (χ0v) is 10.4. The molecule has 0 aliphatic rings. The molecule has 0 radical (unpaired) electrons. The Morgan fingerprint density at radius 2 is 2.21 bits per heavy atom. The van der Waals surface area contributed by atoms with Crippen molar-refractivity contribution in [1.82, 2.24) is 5.32 Å². The van der Waals surface area contributed by atoms with E-state index in [2.05, 4.69) is 25.2 Å². The maximum absolute atomic E-state index is 5.83. The smallest absolute Gasteiger partial charge is 0.0931 e. The van der Waals surface area contributed by atoms with Crippen molar-refractivity contribution < 1.29 is 0 Å². The first-order chi connectivity index (χ1) is 6.68. The van der Waals surface area contributed by atoms with Crippen LogP contribution in [0.15, 0.2) is 12.1 Å². The van der Waals surface area contributed by atoms with Gasteiger partial charge in [-0.3, -0.25) is 0 Å². The van der Waals surface area contributed by atoms with Crippen LogP contribution < -0.4 is 5.32 Å². The first-order valence-corrected chi connectivity index (χ1v) is 6.33. The highest BCUT2D eigenvalue weighted by Gasteiger charge is 1.97. The molecule has 0 saturated heterocycles. The number of thiophene rings is 1. The number of nitrogens with one attached hydrogen (secondary N) is 1. The molecular weight excluding hydrogens is 214 g/mol. The lowest BCUT2D eigenvalue weighted by molar-refractivity contribution is 0.528. The number of halogens is 1. The fourth-order valence-corrected chi connectivity index (χ4v) is 2.35. The SMILES string of the molecule is CC(C)CCCNCc1ccc(Cl)s1. The van der Waals surface area contributed by atoms with E-state index in [0.717, 1.165) is 23.3 Å². The van der Waals surface area contributed by atoms with Crippen LogP contribution in [-0.4, -0.2) is 6.54 Å². The molecule has 1 rings (SSSR count). The average Bonchev–Trinajstić information content (AvgIpc) is 2.50. The third-order valence-electron chi connectivity index (χ3n) is 2.06. The van der Waals surface area contributed by atoms with Gasteiger partial charge in [0.1, 0.15) is 0 Å². The molecule has 0 unspecified atom stereocenters. The molecule has 1 nitrogen and oxygen atoms in total. The van der Waals surface area contributed by atoms with E-state index in [0.29, 0.717) is 0 Å². The summed E-state index contributed by atoms with van der Waals surface area (Å²) in [6, 6.07) is 4.04. The lowest BCUT2D eigenvalue weighted by Crippen LogP contribution is -2.14. The van der Waals surface area contributed by atoms with Gasteiger partial charge in [0.2, 0.25) is 0 Å². The van der Waals surface area contributed by atoms with E-state index >= 15 is 0 Å². The molecule has 1 N–H and O–H groups in total. The van der Waals surface area contributed by atoms with Gasteiger partial charge in [0, 0.05) is 11.4 Å². The molecule has 0 spiro atoms. The summed E-state index contributed by atoms with van der Waals surface area (Å²) in [6.07, 6.45) is 2.56. The minimum atomic E-state index is 0.813. The molecule has 0 saturated carbocycles. The van der Waals surface area contributed by atoms with Crippen LogP contribution in [0.2, 0.25) is 4.34 Å². The van der Waals surface area contributed by atoms with Crippen molar-refractivity contribution in [3.8, 4) is 0 Å². The third-order valence-corrected chi connectivity index (χ3v) is 3.29. The zero-order chi connectivity index (χ0) is 10.4. The minimum absolute atomic E-state index is 0.813. The van der Waals surface area contributed by atoms with Crippen LogP contribution in [0, 0.1) is 5.92 Å². The van der Waals surface area contributed by atoms with Crippen molar-refractivity contribution in [2.45, 2.75) is 33.2 Å². The summed E-state index contributed by atoms with van der Waals surface area (Å²) in [5.41, 5.74) is 0. The van der Waals surface area contributed by atoms with E-state index in [-0.39, 0.29) is 0 Å². The number of rotatable bonds is 6. The first kappa shape index (κ1) is 12.0. The molecular formula is C11H18ClNS. The number of hydrogen-bond donors (Lipinski definition) is 1. The van der Waals surface area contributed by atoms with Gasteiger partial charge in [0.15, 0.2) is 0 Å². The molecule has 80 valence electrons. The van der Waals surface area contributed by atoms with E-state index in [1.54, 1.807) is 11.3 Å².